The van der Waals surface area contributed by atoms with Crippen molar-refractivity contribution in [1.29, 1.82) is 5.26 Å². The minimum Gasteiger partial charge on any atom is -0.477 e. The van der Waals surface area contributed by atoms with Crippen LogP contribution in [0.15, 0.2) is 41.4 Å². The number of carbonyl (C=O) groups is 1. The van der Waals surface area contributed by atoms with Gasteiger partial charge in [0.2, 0.25) is 0 Å². The summed E-state index contributed by atoms with van der Waals surface area (Å²) in [6, 6.07) is 9.09. The van der Waals surface area contributed by atoms with E-state index in [0.717, 1.165) is 0 Å². The average Bonchev–Trinajstić information content (AvgIpc) is 2.45. The van der Waals surface area contributed by atoms with E-state index in [2.05, 4.69) is 4.98 Å². The van der Waals surface area contributed by atoms with E-state index in [9.17, 15) is 9.18 Å². The van der Waals surface area contributed by atoms with Crippen molar-refractivity contribution in [2.75, 3.05) is 0 Å². The molecule has 4 nitrogen and oxygen atoms in total. The van der Waals surface area contributed by atoms with E-state index in [1.807, 2.05) is 6.07 Å². The van der Waals surface area contributed by atoms with Gasteiger partial charge in [0, 0.05) is 16.8 Å². The molecule has 2 aromatic rings. The van der Waals surface area contributed by atoms with Crippen molar-refractivity contribution in [2.24, 2.45) is 0 Å². The van der Waals surface area contributed by atoms with E-state index in [0.29, 0.717) is 21.8 Å². The summed E-state index contributed by atoms with van der Waals surface area (Å²) in [6.45, 7) is 0. The van der Waals surface area contributed by atoms with Crippen LogP contribution < -0.4 is 0 Å². The number of carboxylic acid groups (broad SMARTS) is 1. The maximum atomic E-state index is 13.2. The number of aromatic nitrogens is 1. The van der Waals surface area contributed by atoms with Crippen molar-refractivity contribution in [3.8, 4) is 6.07 Å². The highest BCUT2D eigenvalue weighted by molar-refractivity contribution is 7.98. The fourth-order valence-corrected chi connectivity index (χ4v) is 2.48. The Morgan fingerprint density at radius 2 is 2.20 bits per heavy atom. The first kappa shape index (κ1) is 14.0. The third-order valence-electron chi connectivity index (χ3n) is 2.53. The summed E-state index contributed by atoms with van der Waals surface area (Å²) in [4.78, 5) is 15.2. The molecule has 1 heterocycles. The molecule has 6 heteroatoms. The summed E-state index contributed by atoms with van der Waals surface area (Å²) in [5.74, 6) is -1.12. The molecule has 0 spiro atoms. The Labute approximate surface area is 118 Å². The average molecular weight is 288 g/mol. The van der Waals surface area contributed by atoms with Gasteiger partial charge < -0.3 is 5.11 Å². The zero-order chi connectivity index (χ0) is 14.5. The van der Waals surface area contributed by atoms with Gasteiger partial charge in [0.1, 0.15) is 11.5 Å². The molecule has 0 unspecified atom stereocenters. The van der Waals surface area contributed by atoms with Crippen molar-refractivity contribution in [3.63, 3.8) is 0 Å². The Morgan fingerprint density at radius 3 is 2.90 bits per heavy atom. The molecule has 0 aliphatic carbocycles. The van der Waals surface area contributed by atoms with Crippen LogP contribution >= 0.6 is 11.8 Å². The molecule has 2 rings (SSSR count). The highest BCUT2D eigenvalue weighted by Gasteiger charge is 2.08. The van der Waals surface area contributed by atoms with Gasteiger partial charge in [-0.2, -0.15) is 5.26 Å². The van der Waals surface area contributed by atoms with Crippen LogP contribution in [0.5, 0.6) is 0 Å². The standard InChI is InChI=1S/C14H9FN2O2S/c15-11-2-1-9(7-16)10(5-11)8-20-12-3-4-17-13(6-12)14(18)19/h1-6H,8H2,(H,18,19). The zero-order valence-corrected chi connectivity index (χ0v) is 11.0. The molecule has 0 radical (unpaired) electrons. The molecule has 0 bridgehead atoms. The highest BCUT2D eigenvalue weighted by Crippen LogP contribution is 2.25. The second-order valence-electron chi connectivity index (χ2n) is 3.88. The van der Waals surface area contributed by atoms with E-state index in [-0.39, 0.29) is 5.69 Å². The molecule has 1 N–H and O–H groups in total. The van der Waals surface area contributed by atoms with Gasteiger partial charge in [-0.3, -0.25) is 0 Å². The van der Waals surface area contributed by atoms with Crippen LogP contribution in [0.2, 0.25) is 0 Å². The zero-order valence-electron chi connectivity index (χ0n) is 10.2. The van der Waals surface area contributed by atoms with Crippen LogP contribution in [0.25, 0.3) is 0 Å². The Kier molecular flexibility index (Phi) is 4.33. The molecule has 0 aliphatic heterocycles. The van der Waals surface area contributed by atoms with Gasteiger partial charge in [0.25, 0.3) is 0 Å². The first-order chi connectivity index (χ1) is 9.60. The number of carboxylic acids is 1. The van der Waals surface area contributed by atoms with Crippen LogP contribution in [0.4, 0.5) is 4.39 Å². The number of benzene rings is 1. The quantitative estimate of drug-likeness (QED) is 0.875. The maximum Gasteiger partial charge on any atom is 0.354 e. The van der Waals surface area contributed by atoms with Gasteiger partial charge in [-0.05, 0) is 35.9 Å². The van der Waals surface area contributed by atoms with E-state index in [4.69, 9.17) is 10.4 Å². The van der Waals surface area contributed by atoms with Crippen LogP contribution in [0.3, 0.4) is 0 Å². The summed E-state index contributed by atoms with van der Waals surface area (Å²) < 4.78 is 13.2. The van der Waals surface area contributed by atoms with Crippen molar-refractivity contribution in [3.05, 3.63) is 59.2 Å². The Bertz CT molecular complexity index is 698. The lowest BCUT2D eigenvalue weighted by Crippen LogP contribution is -1.99. The number of pyridine rings is 1. The Hall–Kier alpha value is -2.39. The predicted molar refractivity (Wildman–Crippen MR) is 71.9 cm³/mol. The fourth-order valence-electron chi connectivity index (χ4n) is 1.57. The molecule has 100 valence electrons. The normalized spacial score (nSPS) is 10.0. The smallest absolute Gasteiger partial charge is 0.354 e. The molecule has 1 aromatic carbocycles. The second-order valence-corrected chi connectivity index (χ2v) is 4.93. The largest absolute Gasteiger partial charge is 0.477 e. The molecule has 0 aliphatic rings. The number of nitriles is 1. The van der Waals surface area contributed by atoms with Crippen molar-refractivity contribution < 1.29 is 14.3 Å². The highest BCUT2D eigenvalue weighted by atomic mass is 32.2. The summed E-state index contributed by atoms with van der Waals surface area (Å²) >= 11 is 1.32. The number of halogens is 1. The molecule has 0 saturated heterocycles. The Morgan fingerprint density at radius 1 is 1.40 bits per heavy atom. The molecule has 0 fully saturated rings. The van der Waals surface area contributed by atoms with Crippen molar-refractivity contribution in [1.82, 2.24) is 4.98 Å². The molecular weight excluding hydrogens is 279 g/mol. The molecule has 1 aromatic heterocycles. The number of aromatic carboxylic acids is 1. The number of hydrogen-bond acceptors (Lipinski definition) is 4. The van der Waals surface area contributed by atoms with Crippen LogP contribution in [-0.4, -0.2) is 16.1 Å². The van der Waals surface area contributed by atoms with E-state index < -0.39 is 11.8 Å². The Balaban J connectivity index is 2.17. The van der Waals surface area contributed by atoms with E-state index in [1.54, 1.807) is 6.07 Å². The fraction of sp³-hybridized carbons (Fsp3) is 0.0714. The van der Waals surface area contributed by atoms with Gasteiger partial charge in [-0.1, -0.05) is 0 Å². The van der Waals surface area contributed by atoms with Crippen LogP contribution in [0, 0.1) is 17.1 Å². The van der Waals surface area contributed by atoms with Crippen molar-refractivity contribution in [2.45, 2.75) is 10.6 Å². The van der Waals surface area contributed by atoms with Crippen LogP contribution in [-0.2, 0) is 5.75 Å². The lowest BCUT2D eigenvalue weighted by Gasteiger charge is -2.05. The third-order valence-corrected chi connectivity index (χ3v) is 3.58. The van der Waals surface area contributed by atoms with Gasteiger partial charge in [-0.15, -0.1) is 11.8 Å². The first-order valence-corrected chi connectivity index (χ1v) is 6.59. The molecule has 20 heavy (non-hydrogen) atoms. The molecule has 0 amide bonds. The van der Waals surface area contributed by atoms with Gasteiger partial charge >= 0.3 is 5.97 Å². The topological polar surface area (TPSA) is 74.0 Å². The lowest BCUT2D eigenvalue weighted by molar-refractivity contribution is 0.0690. The van der Waals surface area contributed by atoms with Gasteiger partial charge in [0.15, 0.2) is 0 Å². The monoisotopic (exact) mass is 288 g/mol. The molecule has 0 atom stereocenters. The maximum absolute atomic E-state index is 13.2. The van der Waals surface area contributed by atoms with E-state index in [1.165, 1.54) is 42.2 Å². The lowest BCUT2D eigenvalue weighted by atomic mass is 10.1. The second kappa shape index (κ2) is 6.17. The first-order valence-electron chi connectivity index (χ1n) is 5.61. The number of nitrogens with zero attached hydrogens (tertiary/aromatic N) is 2. The van der Waals surface area contributed by atoms with Crippen molar-refractivity contribution >= 4 is 17.7 Å². The van der Waals surface area contributed by atoms with Gasteiger partial charge in [0.05, 0.1) is 11.6 Å². The molecule has 0 saturated carbocycles. The number of rotatable bonds is 4. The minimum absolute atomic E-state index is 0.0465. The number of hydrogen-bond donors (Lipinski definition) is 1. The summed E-state index contributed by atoms with van der Waals surface area (Å²) in [6.07, 6.45) is 1.41. The SMILES string of the molecule is N#Cc1ccc(F)cc1CSc1ccnc(C(=O)O)c1. The van der Waals surface area contributed by atoms with E-state index >= 15 is 0 Å². The summed E-state index contributed by atoms with van der Waals surface area (Å²) in [5.41, 5.74) is 0.937. The molecular formula is C14H9FN2O2S. The predicted octanol–water partition coefficient (Wildman–Crippen LogP) is 3.08. The minimum atomic E-state index is -1.10. The van der Waals surface area contributed by atoms with Crippen LogP contribution in [0.1, 0.15) is 21.6 Å². The number of thioether (sulfide) groups is 1. The summed E-state index contributed by atoms with van der Waals surface area (Å²) in [7, 11) is 0. The summed E-state index contributed by atoms with van der Waals surface area (Å²) in [5, 5.41) is 17.8. The van der Waals surface area contributed by atoms with Gasteiger partial charge in [-0.25, -0.2) is 14.2 Å². The third kappa shape index (κ3) is 3.33.